The van der Waals surface area contributed by atoms with Crippen LogP contribution >= 0.6 is 23.2 Å². The van der Waals surface area contributed by atoms with Gasteiger partial charge >= 0.3 is 0 Å². The molecule has 6 nitrogen and oxygen atoms in total. The van der Waals surface area contributed by atoms with Crippen LogP contribution in [0.25, 0.3) is 6.08 Å². The second kappa shape index (κ2) is 7.79. The van der Waals surface area contributed by atoms with Crippen molar-refractivity contribution in [3.63, 3.8) is 0 Å². The average Bonchev–Trinajstić information content (AvgIpc) is 2.56. The van der Waals surface area contributed by atoms with Gasteiger partial charge < -0.3 is 5.32 Å². The van der Waals surface area contributed by atoms with E-state index in [9.17, 15) is 20.2 Å². The number of anilines is 1. The topological polar surface area (TPSA) is 96.0 Å². The number of hydrogen-bond donors (Lipinski definition) is 1. The zero-order chi connectivity index (χ0) is 18.6. The van der Waals surface area contributed by atoms with Gasteiger partial charge in [0.05, 0.1) is 10.6 Å². The second-order valence-corrected chi connectivity index (χ2v) is 5.83. The van der Waals surface area contributed by atoms with Gasteiger partial charge in [-0.15, -0.1) is 0 Å². The van der Waals surface area contributed by atoms with E-state index in [4.69, 9.17) is 23.2 Å². The molecule has 0 saturated carbocycles. The molecule has 1 amide bonds. The van der Waals surface area contributed by atoms with Gasteiger partial charge in [-0.2, -0.15) is 5.26 Å². The molecule has 126 valence electrons. The van der Waals surface area contributed by atoms with E-state index in [1.807, 2.05) is 0 Å². The molecule has 0 aromatic heterocycles. The molecule has 25 heavy (non-hydrogen) atoms. The minimum absolute atomic E-state index is 0.169. The fourth-order valence-electron chi connectivity index (χ4n) is 1.99. The Balaban J connectivity index is 2.36. The van der Waals surface area contributed by atoms with Crippen LogP contribution in [0.15, 0.2) is 42.0 Å². The summed E-state index contributed by atoms with van der Waals surface area (Å²) >= 11 is 12.1. The first-order chi connectivity index (χ1) is 11.8. The van der Waals surface area contributed by atoms with Gasteiger partial charge in [0.25, 0.3) is 11.6 Å². The van der Waals surface area contributed by atoms with Crippen molar-refractivity contribution in [3.8, 4) is 6.07 Å². The molecule has 2 rings (SSSR count). The number of aryl methyl sites for hydroxylation is 1. The molecular formula is C17H11Cl2N3O3. The van der Waals surface area contributed by atoms with Crippen molar-refractivity contribution < 1.29 is 9.72 Å². The minimum Gasteiger partial charge on any atom is -0.321 e. The Kier molecular flexibility index (Phi) is 5.75. The molecule has 0 unspecified atom stereocenters. The third-order valence-electron chi connectivity index (χ3n) is 3.33. The maximum Gasteiger partial charge on any atom is 0.271 e. The molecule has 0 aliphatic carbocycles. The number of amides is 1. The van der Waals surface area contributed by atoms with E-state index in [1.165, 1.54) is 24.3 Å². The normalized spacial score (nSPS) is 10.9. The summed E-state index contributed by atoms with van der Waals surface area (Å²) in [5.74, 6) is -0.720. The van der Waals surface area contributed by atoms with Gasteiger partial charge in [0.15, 0.2) is 0 Å². The van der Waals surface area contributed by atoms with E-state index in [0.29, 0.717) is 21.2 Å². The lowest BCUT2D eigenvalue weighted by Crippen LogP contribution is -2.14. The number of carbonyl (C=O) groups excluding carboxylic acids is 1. The van der Waals surface area contributed by atoms with Gasteiger partial charge in [0, 0.05) is 27.7 Å². The molecular weight excluding hydrogens is 365 g/mol. The predicted molar refractivity (Wildman–Crippen MR) is 96.5 cm³/mol. The second-order valence-electron chi connectivity index (χ2n) is 5.02. The standard InChI is InChI=1S/C17H11Cl2N3O3/c1-10-5-6-12(22(24)25)8-16(10)21-17(23)11(9-20)7-13-14(18)3-2-4-15(13)19/h2-8H,1H3,(H,21,23)/b11-7+. The van der Waals surface area contributed by atoms with Gasteiger partial charge in [0.2, 0.25) is 0 Å². The van der Waals surface area contributed by atoms with Crippen LogP contribution in [0.4, 0.5) is 11.4 Å². The van der Waals surface area contributed by atoms with E-state index in [0.717, 1.165) is 0 Å². The summed E-state index contributed by atoms with van der Waals surface area (Å²) in [6.45, 7) is 1.68. The van der Waals surface area contributed by atoms with E-state index < -0.39 is 10.8 Å². The fraction of sp³-hybridized carbons (Fsp3) is 0.0588. The van der Waals surface area contributed by atoms with Gasteiger partial charge in [-0.3, -0.25) is 14.9 Å². The lowest BCUT2D eigenvalue weighted by Gasteiger charge is -2.08. The number of hydrogen-bond acceptors (Lipinski definition) is 4. The third kappa shape index (κ3) is 4.35. The summed E-state index contributed by atoms with van der Waals surface area (Å²) in [5, 5.41) is 23.2. The van der Waals surface area contributed by atoms with Crippen LogP contribution in [0.5, 0.6) is 0 Å². The first-order valence-corrected chi connectivity index (χ1v) is 7.71. The zero-order valence-corrected chi connectivity index (χ0v) is 14.4. The van der Waals surface area contributed by atoms with Gasteiger partial charge in [-0.1, -0.05) is 35.3 Å². The maximum atomic E-state index is 12.3. The first-order valence-electron chi connectivity index (χ1n) is 6.95. The number of nitro groups is 1. The molecule has 1 N–H and O–H groups in total. The Hall–Kier alpha value is -2.88. The summed E-state index contributed by atoms with van der Waals surface area (Å²) in [4.78, 5) is 22.6. The van der Waals surface area contributed by atoms with Gasteiger partial charge in [-0.25, -0.2) is 0 Å². The summed E-state index contributed by atoms with van der Waals surface area (Å²) in [6, 6.07) is 10.6. The number of nitrogens with zero attached hydrogens (tertiary/aromatic N) is 2. The number of non-ortho nitro benzene ring substituents is 1. The van der Waals surface area contributed by atoms with Gasteiger partial charge in [0.1, 0.15) is 11.6 Å². The number of carbonyl (C=O) groups is 1. The van der Waals surface area contributed by atoms with Crippen molar-refractivity contribution in [1.29, 1.82) is 5.26 Å². The third-order valence-corrected chi connectivity index (χ3v) is 3.99. The van der Waals surface area contributed by atoms with Crippen LogP contribution in [-0.2, 0) is 4.79 Å². The van der Waals surface area contributed by atoms with Crippen molar-refractivity contribution in [2.45, 2.75) is 6.92 Å². The fourth-order valence-corrected chi connectivity index (χ4v) is 2.50. The number of nitro benzene ring substituents is 1. The molecule has 0 heterocycles. The average molecular weight is 376 g/mol. The van der Waals surface area contributed by atoms with Crippen molar-refractivity contribution in [2.24, 2.45) is 0 Å². The molecule has 0 spiro atoms. The molecule has 0 atom stereocenters. The molecule has 0 bridgehead atoms. The largest absolute Gasteiger partial charge is 0.321 e. The van der Waals surface area contributed by atoms with Crippen molar-refractivity contribution in [2.75, 3.05) is 5.32 Å². The molecule has 0 radical (unpaired) electrons. The van der Waals surface area contributed by atoms with E-state index in [2.05, 4.69) is 5.32 Å². The highest BCUT2D eigenvalue weighted by molar-refractivity contribution is 6.37. The highest BCUT2D eigenvalue weighted by atomic mass is 35.5. The van der Waals surface area contributed by atoms with Crippen molar-refractivity contribution in [1.82, 2.24) is 0 Å². The smallest absolute Gasteiger partial charge is 0.271 e. The lowest BCUT2D eigenvalue weighted by molar-refractivity contribution is -0.384. The molecule has 8 heteroatoms. The SMILES string of the molecule is Cc1ccc([N+](=O)[O-])cc1NC(=O)/C(C#N)=C/c1c(Cl)cccc1Cl. The van der Waals surface area contributed by atoms with Crippen LogP contribution in [0.2, 0.25) is 10.0 Å². The zero-order valence-electron chi connectivity index (χ0n) is 12.9. The number of halogens is 2. The maximum absolute atomic E-state index is 12.3. The van der Waals surface area contributed by atoms with Crippen molar-refractivity contribution in [3.05, 3.63) is 73.3 Å². The van der Waals surface area contributed by atoms with E-state index >= 15 is 0 Å². The predicted octanol–water partition coefficient (Wildman–Crippen LogP) is 4.76. The highest BCUT2D eigenvalue weighted by Crippen LogP contribution is 2.27. The summed E-state index contributed by atoms with van der Waals surface area (Å²) in [5.41, 5.74) is 0.796. The van der Waals surface area contributed by atoms with Crippen molar-refractivity contribution >= 4 is 46.6 Å². The van der Waals surface area contributed by atoms with E-state index in [-0.39, 0.29) is 16.9 Å². The number of rotatable bonds is 4. The van der Waals surface area contributed by atoms with Crippen LogP contribution in [0.1, 0.15) is 11.1 Å². The molecule has 0 saturated heterocycles. The Morgan fingerprint density at radius 2 is 1.92 bits per heavy atom. The molecule has 0 aliphatic heterocycles. The van der Waals surface area contributed by atoms with Crippen LogP contribution in [0.3, 0.4) is 0 Å². The van der Waals surface area contributed by atoms with Gasteiger partial charge in [-0.05, 0) is 30.7 Å². The molecule has 0 aliphatic rings. The summed E-state index contributed by atoms with van der Waals surface area (Å²) < 4.78 is 0. The summed E-state index contributed by atoms with van der Waals surface area (Å²) in [6.07, 6.45) is 1.27. The highest BCUT2D eigenvalue weighted by Gasteiger charge is 2.15. The van der Waals surface area contributed by atoms with Crippen LogP contribution < -0.4 is 5.32 Å². The first kappa shape index (κ1) is 18.5. The Morgan fingerprint density at radius 3 is 2.48 bits per heavy atom. The van der Waals surface area contributed by atoms with Crippen LogP contribution in [-0.4, -0.2) is 10.8 Å². The quantitative estimate of drug-likeness (QED) is 0.360. The molecule has 2 aromatic rings. The monoisotopic (exact) mass is 375 g/mol. The Bertz CT molecular complexity index is 913. The van der Waals surface area contributed by atoms with Crippen LogP contribution in [0, 0.1) is 28.4 Å². The molecule has 0 fully saturated rings. The minimum atomic E-state index is -0.720. The number of nitrogens with one attached hydrogen (secondary N) is 1. The Morgan fingerprint density at radius 1 is 1.28 bits per heavy atom. The summed E-state index contributed by atoms with van der Waals surface area (Å²) in [7, 11) is 0. The molecule has 2 aromatic carbocycles. The van der Waals surface area contributed by atoms with E-state index in [1.54, 1.807) is 31.2 Å². The Labute approximate surface area is 153 Å². The number of benzene rings is 2. The number of nitriles is 1. The lowest BCUT2D eigenvalue weighted by atomic mass is 10.1.